The van der Waals surface area contributed by atoms with E-state index in [1.165, 1.54) is 4.31 Å². The third-order valence-corrected chi connectivity index (χ3v) is 5.40. The highest BCUT2D eigenvalue weighted by molar-refractivity contribution is 7.89. The topological polar surface area (TPSA) is 101 Å². The summed E-state index contributed by atoms with van der Waals surface area (Å²) < 4.78 is 31.9. The van der Waals surface area contributed by atoms with Crippen LogP contribution in [-0.4, -0.2) is 53.7 Å². The zero-order chi connectivity index (χ0) is 14.2. The Morgan fingerprint density at radius 3 is 2.79 bits per heavy atom. The van der Waals surface area contributed by atoms with Crippen LogP contribution in [-0.2, 0) is 14.8 Å². The van der Waals surface area contributed by atoms with Crippen molar-refractivity contribution in [1.29, 1.82) is 0 Å². The quantitative estimate of drug-likeness (QED) is 0.744. The lowest BCUT2D eigenvalue weighted by Gasteiger charge is -2.31. The van der Waals surface area contributed by atoms with Gasteiger partial charge in [-0.2, -0.15) is 9.40 Å². The van der Waals surface area contributed by atoms with Crippen molar-refractivity contribution in [2.24, 2.45) is 5.73 Å². The fourth-order valence-corrected chi connectivity index (χ4v) is 3.96. The number of nitrogens with zero attached hydrogens (tertiary/aromatic N) is 2. The molecular formula is C10H16N4O3S2. The van der Waals surface area contributed by atoms with E-state index in [0.717, 1.165) is 0 Å². The summed E-state index contributed by atoms with van der Waals surface area (Å²) in [6.07, 6.45) is -0.536. The van der Waals surface area contributed by atoms with Crippen molar-refractivity contribution in [3.05, 3.63) is 11.4 Å². The molecule has 7 nitrogen and oxygen atoms in total. The highest BCUT2D eigenvalue weighted by atomic mass is 32.2. The molecule has 1 aliphatic rings. The van der Waals surface area contributed by atoms with Crippen LogP contribution < -0.4 is 5.73 Å². The van der Waals surface area contributed by atoms with Crippen molar-refractivity contribution in [2.75, 3.05) is 19.7 Å². The molecule has 1 aliphatic heterocycles. The molecule has 1 unspecified atom stereocenters. The van der Waals surface area contributed by atoms with Crippen LogP contribution in [0.2, 0.25) is 0 Å². The standard InChI is InChI=1S/C10H16N4O3S2/c1-6-9(7(2)13-12-6)19(15,16)14-3-4-17-8(5-14)10(11)18/h8H,3-5H2,1-2H3,(H2,11,18)(H,12,13). The lowest BCUT2D eigenvalue weighted by Crippen LogP contribution is -2.49. The molecule has 0 amide bonds. The van der Waals surface area contributed by atoms with E-state index in [2.05, 4.69) is 10.2 Å². The number of aromatic amines is 1. The number of morpholine rings is 1. The molecule has 9 heteroatoms. The number of H-pyrrole nitrogens is 1. The summed E-state index contributed by atoms with van der Waals surface area (Å²) in [6, 6.07) is 0. The van der Waals surface area contributed by atoms with Crippen LogP contribution in [0.25, 0.3) is 0 Å². The van der Waals surface area contributed by atoms with Gasteiger partial charge in [-0.15, -0.1) is 0 Å². The fraction of sp³-hybridized carbons (Fsp3) is 0.600. The molecule has 0 aliphatic carbocycles. The van der Waals surface area contributed by atoms with Crippen LogP contribution in [0, 0.1) is 13.8 Å². The number of thiocarbonyl (C=S) groups is 1. The molecule has 19 heavy (non-hydrogen) atoms. The number of aromatic nitrogens is 2. The highest BCUT2D eigenvalue weighted by Crippen LogP contribution is 2.23. The van der Waals surface area contributed by atoms with Gasteiger partial charge in [0, 0.05) is 13.1 Å². The monoisotopic (exact) mass is 304 g/mol. The summed E-state index contributed by atoms with van der Waals surface area (Å²) in [6.45, 7) is 4.03. The SMILES string of the molecule is Cc1n[nH]c(C)c1S(=O)(=O)N1CCOC(C(N)=S)C1. The summed E-state index contributed by atoms with van der Waals surface area (Å²) in [5.74, 6) is 0. The molecule has 0 radical (unpaired) electrons. The molecule has 2 heterocycles. The Bertz CT molecular complexity index is 576. The predicted molar refractivity (Wildman–Crippen MR) is 73.3 cm³/mol. The van der Waals surface area contributed by atoms with Gasteiger partial charge in [-0.05, 0) is 13.8 Å². The summed E-state index contributed by atoms with van der Waals surface area (Å²) in [7, 11) is -3.60. The number of rotatable bonds is 3. The van der Waals surface area contributed by atoms with Crippen molar-refractivity contribution >= 4 is 27.2 Å². The van der Waals surface area contributed by atoms with Gasteiger partial charge in [-0.3, -0.25) is 5.10 Å². The molecule has 0 bridgehead atoms. The van der Waals surface area contributed by atoms with Crippen LogP contribution >= 0.6 is 12.2 Å². The maximum absolute atomic E-state index is 12.6. The average Bonchev–Trinajstić information content (AvgIpc) is 2.69. The first-order chi connectivity index (χ1) is 8.84. The van der Waals surface area contributed by atoms with Gasteiger partial charge in [0.1, 0.15) is 16.0 Å². The smallest absolute Gasteiger partial charge is 0.246 e. The van der Waals surface area contributed by atoms with Crippen LogP contribution in [0.4, 0.5) is 0 Å². The zero-order valence-electron chi connectivity index (χ0n) is 10.7. The van der Waals surface area contributed by atoms with Crippen LogP contribution in [0.1, 0.15) is 11.4 Å². The molecule has 3 N–H and O–H groups in total. The minimum Gasteiger partial charge on any atom is -0.391 e. The Hall–Kier alpha value is -1.03. The molecule has 1 atom stereocenters. The first kappa shape index (κ1) is 14.4. The Labute approximate surface area is 117 Å². The van der Waals surface area contributed by atoms with Crippen LogP contribution in [0.5, 0.6) is 0 Å². The largest absolute Gasteiger partial charge is 0.391 e. The second kappa shape index (κ2) is 5.16. The minimum absolute atomic E-state index is 0.141. The Kier molecular flexibility index (Phi) is 3.90. The summed E-state index contributed by atoms with van der Waals surface area (Å²) >= 11 is 4.86. The molecule has 2 rings (SSSR count). The molecule has 1 fully saturated rings. The Morgan fingerprint density at radius 1 is 1.58 bits per heavy atom. The van der Waals surface area contributed by atoms with Crippen molar-refractivity contribution in [1.82, 2.24) is 14.5 Å². The van der Waals surface area contributed by atoms with Gasteiger partial charge in [0.25, 0.3) is 0 Å². The van der Waals surface area contributed by atoms with Gasteiger partial charge in [0.05, 0.1) is 18.0 Å². The highest BCUT2D eigenvalue weighted by Gasteiger charge is 2.34. The number of sulfonamides is 1. The van der Waals surface area contributed by atoms with Crippen molar-refractivity contribution in [3.8, 4) is 0 Å². The number of hydrogen-bond acceptors (Lipinski definition) is 5. The van der Waals surface area contributed by atoms with Gasteiger partial charge in [0.2, 0.25) is 10.0 Å². The first-order valence-corrected chi connectivity index (χ1v) is 7.61. The number of nitrogens with two attached hydrogens (primary N) is 1. The van der Waals surface area contributed by atoms with Gasteiger partial charge < -0.3 is 10.5 Å². The molecule has 106 valence electrons. The fourth-order valence-electron chi connectivity index (χ4n) is 2.07. The van der Waals surface area contributed by atoms with E-state index in [1.54, 1.807) is 13.8 Å². The third kappa shape index (κ3) is 2.64. The van der Waals surface area contributed by atoms with Crippen molar-refractivity contribution in [3.63, 3.8) is 0 Å². The summed E-state index contributed by atoms with van der Waals surface area (Å²) in [4.78, 5) is 0.386. The lowest BCUT2D eigenvalue weighted by atomic mass is 10.3. The molecule has 1 aromatic rings. The number of aryl methyl sites for hydroxylation is 2. The average molecular weight is 304 g/mol. The predicted octanol–water partition coefficient (Wildman–Crippen LogP) is -0.298. The molecule has 1 saturated heterocycles. The van der Waals surface area contributed by atoms with Gasteiger partial charge in [0.15, 0.2) is 0 Å². The maximum Gasteiger partial charge on any atom is 0.246 e. The van der Waals surface area contributed by atoms with E-state index in [1.807, 2.05) is 0 Å². The second-order valence-electron chi connectivity index (χ2n) is 4.39. The molecular weight excluding hydrogens is 288 g/mol. The van der Waals surface area contributed by atoms with E-state index in [-0.39, 0.29) is 29.6 Å². The van der Waals surface area contributed by atoms with Crippen molar-refractivity contribution in [2.45, 2.75) is 24.8 Å². The third-order valence-electron chi connectivity index (χ3n) is 3.00. The van der Waals surface area contributed by atoms with Crippen molar-refractivity contribution < 1.29 is 13.2 Å². The number of ether oxygens (including phenoxy) is 1. The number of nitrogens with one attached hydrogen (secondary N) is 1. The van der Waals surface area contributed by atoms with Gasteiger partial charge in [-0.25, -0.2) is 8.42 Å². The zero-order valence-corrected chi connectivity index (χ0v) is 12.3. The lowest BCUT2D eigenvalue weighted by molar-refractivity contribution is 0.0386. The maximum atomic E-state index is 12.6. The minimum atomic E-state index is -3.60. The summed E-state index contributed by atoms with van der Waals surface area (Å²) in [5.41, 5.74) is 6.50. The normalized spacial score (nSPS) is 21.5. The van der Waals surface area contributed by atoms with Crippen LogP contribution in [0.15, 0.2) is 4.90 Å². The van der Waals surface area contributed by atoms with Gasteiger partial charge >= 0.3 is 0 Å². The van der Waals surface area contributed by atoms with E-state index in [9.17, 15) is 8.42 Å². The Morgan fingerprint density at radius 2 is 2.26 bits per heavy atom. The number of hydrogen-bond donors (Lipinski definition) is 2. The molecule has 0 aromatic carbocycles. The molecule has 0 saturated carbocycles. The molecule has 1 aromatic heterocycles. The summed E-state index contributed by atoms with van der Waals surface area (Å²) in [5, 5.41) is 6.60. The second-order valence-corrected chi connectivity index (χ2v) is 6.73. The Balaban J connectivity index is 2.32. The van der Waals surface area contributed by atoms with E-state index in [4.69, 9.17) is 22.7 Å². The van der Waals surface area contributed by atoms with Gasteiger partial charge in [-0.1, -0.05) is 12.2 Å². The first-order valence-electron chi connectivity index (χ1n) is 5.76. The van der Waals surface area contributed by atoms with E-state index in [0.29, 0.717) is 11.4 Å². The van der Waals surface area contributed by atoms with Crippen LogP contribution in [0.3, 0.4) is 0 Å². The van der Waals surface area contributed by atoms with E-state index >= 15 is 0 Å². The molecule has 0 spiro atoms. The van der Waals surface area contributed by atoms with E-state index < -0.39 is 16.1 Å².